The highest BCUT2D eigenvalue weighted by atomic mass is 16.7. The number of methoxy groups -OCH3 is 1. The Hall–Kier alpha value is -2.45. The van der Waals surface area contributed by atoms with Crippen LogP contribution >= 0.6 is 0 Å². The van der Waals surface area contributed by atoms with Crippen molar-refractivity contribution >= 4 is 17.9 Å². The molecule has 250 valence electrons. The molecule has 7 unspecified atom stereocenters. The van der Waals surface area contributed by atoms with Crippen LogP contribution in [-0.2, 0) is 38.1 Å². The lowest BCUT2D eigenvalue weighted by Crippen LogP contribution is -2.51. The van der Waals surface area contributed by atoms with Gasteiger partial charge in [-0.3, -0.25) is 14.4 Å². The minimum Gasteiger partial charge on any atom is -0.469 e. The lowest BCUT2D eigenvalue weighted by Gasteiger charge is -2.58. The van der Waals surface area contributed by atoms with Crippen LogP contribution in [0.2, 0.25) is 0 Å². The smallest absolute Gasteiger partial charge is 0.305 e. The fourth-order valence-corrected chi connectivity index (χ4v) is 9.84. The predicted octanol–water partition coefficient (Wildman–Crippen LogP) is 7.02. The van der Waals surface area contributed by atoms with Crippen molar-refractivity contribution in [1.82, 2.24) is 0 Å². The average molecular weight is 627 g/mol. The van der Waals surface area contributed by atoms with Crippen molar-refractivity contribution < 1.29 is 38.1 Å². The molecule has 4 aliphatic carbocycles. The SMILES string of the molecule is COC(=O)CCC/C=C(\C)[C@H]1CCC2C3CC=C4CC(OC5C=CC(OC(C)=O)C(COC(C)=O)O5)CC[C@]4(C)C3CC[C@@]21C. The predicted molar refractivity (Wildman–Crippen MR) is 170 cm³/mol. The van der Waals surface area contributed by atoms with Crippen molar-refractivity contribution in [1.29, 1.82) is 0 Å². The zero-order valence-electron chi connectivity index (χ0n) is 28.2. The van der Waals surface area contributed by atoms with Gasteiger partial charge in [0.15, 0.2) is 6.29 Å². The minimum absolute atomic E-state index is 0.0000934. The van der Waals surface area contributed by atoms with Crippen molar-refractivity contribution in [3.63, 3.8) is 0 Å². The van der Waals surface area contributed by atoms with E-state index in [0.717, 1.165) is 50.4 Å². The van der Waals surface area contributed by atoms with Gasteiger partial charge in [-0.1, -0.05) is 37.1 Å². The van der Waals surface area contributed by atoms with Gasteiger partial charge in [0.2, 0.25) is 0 Å². The number of carbonyl (C=O) groups excluding carboxylic acids is 3. The van der Waals surface area contributed by atoms with Crippen LogP contribution < -0.4 is 0 Å². The van der Waals surface area contributed by atoms with Gasteiger partial charge in [0, 0.05) is 20.3 Å². The molecule has 8 nitrogen and oxygen atoms in total. The molecule has 0 N–H and O–H groups in total. The lowest BCUT2D eigenvalue weighted by atomic mass is 9.47. The Balaban J connectivity index is 1.21. The zero-order valence-corrected chi connectivity index (χ0v) is 28.2. The van der Waals surface area contributed by atoms with E-state index in [9.17, 15) is 14.4 Å². The van der Waals surface area contributed by atoms with Gasteiger partial charge in [0.1, 0.15) is 18.8 Å². The molecule has 3 saturated carbocycles. The maximum absolute atomic E-state index is 11.6. The Morgan fingerprint density at radius 3 is 2.53 bits per heavy atom. The molecule has 5 rings (SSSR count). The second-order valence-electron chi connectivity index (χ2n) is 14.7. The third-order valence-electron chi connectivity index (χ3n) is 12.1. The Bertz CT molecular complexity index is 1200. The molecule has 3 fully saturated rings. The van der Waals surface area contributed by atoms with Gasteiger partial charge in [-0.05, 0) is 118 Å². The maximum atomic E-state index is 11.6. The molecule has 0 radical (unpaired) electrons. The van der Waals surface area contributed by atoms with Gasteiger partial charge in [-0.2, -0.15) is 0 Å². The standard InChI is InChI=1S/C37H54O8/c1-23(9-7-8-10-34(40)41-6)29-13-14-30-28-12-11-26-21-27(17-19-36(26,4)31(28)18-20-37(29,30)5)44-35-16-15-32(43-25(3)39)33(45-35)22-42-24(2)38/h9,11,15-16,27-33,35H,7-8,10,12-14,17-22H2,1-6H3/b23-9+/t27?,28?,29-,30?,31?,32?,33?,35?,36+,37-/m1/s1. The second-order valence-corrected chi connectivity index (χ2v) is 14.7. The monoisotopic (exact) mass is 626 g/mol. The van der Waals surface area contributed by atoms with E-state index in [4.69, 9.17) is 23.7 Å². The van der Waals surface area contributed by atoms with Gasteiger partial charge in [0.25, 0.3) is 0 Å². The molecular weight excluding hydrogens is 572 g/mol. The molecule has 1 heterocycles. The summed E-state index contributed by atoms with van der Waals surface area (Å²) in [6.07, 6.45) is 18.4. The molecular formula is C37H54O8. The average Bonchev–Trinajstić information content (AvgIpc) is 3.36. The minimum atomic E-state index is -0.618. The van der Waals surface area contributed by atoms with Crippen molar-refractivity contribution in [3.05, 3.63) is 35.5 Å². The van der Waals surface area contributed by atoms with Gasteiger partial charge in [0.05, 0.1) is 13.2 Å². The van der Waals surface area contributed by atoms with Crippen molar-refractivity contribution in [2.24, 2.45) is 34.5 Å². The summed E-state index contributed by atoms with van der Waals surface area (Å²) in [5.74, 6) is 1.90. The van der Waals surface area contributed by atoms with Crippen LogP contribution in [0, 0.1) is 34.5 Å². The lowest BCUT2D eigenvalue weighted by molar-refractivity contribution is -0.213. The second kappa shape index (κ2) is 14.1. The van der Waals surface area contributed by atoms with Crippen LogP contribution in [0.5, 0.6) is 0 Å². The molecule has 0 amide bonds. The summed E-state index contributed by atoms with van der Waals surface area (Å²) >= 11 is 0. The summed E-state index contributed by atoms with van der Waals surface area (Å²) in [7, 11) is 1.46. The molecule has 0 aromatic carbocycles. The van der Waals surface area contributed by atoms with Crippen LogP contribution in [0.1, 0.15) is 105 Å². The number of unbranched alkanes of at least 4 members (excludes halogenated alkanes) is 1. The summed E-state index contributed by atoms with van der Waals surface area (Å²) in [6.45, 7) is 10.1. The number of carbonyl (C=O) groups is 3. The molecule has 8 heteroatoms. The third kappa shape index (κ3) is 7.27. The Labute approximate surface area is 269 Å². The van der Waals surface area contributed by atoms with Crippen molar-refractivity contribution in [2.75, 3.05) is 13.7 Å². The molecule has 1 aliphatic heterocycles. The Morgan fingerprint density at radius 1 is 1.00 bits per heavy atom. The first-order valence-electron chi connectivity index (χ1n) is 17.2. The first kappa shape index (κ1) is 33.9. The van der Waals surface area contributed by atoms with E-state index in [0.29, 0.717) is 23.7 Å². The number of rotatable bonds is 10. The molecule has 0 aromatic heterocycles. The maximum Gasteiger partial charge on any atom is 0.305 e. The number of fused-ring (bicyclic) bond motifs is 5. The van der Waals surface area contributed by atoms with E-state index in [1.165, 1.54) is 52.2 Å². The van der Waals surface area contributed by atoms with E-state index < -0.39 is 30.4 Å². The van der Waals surface area contributed by atoms with E-state index >= 15 is 0 Å². The van der Waals surface area contributed by atoms with E-state index in [1.54, 1.807) is 11.6 Å². The van der Waals surface area contributed by atoms with Gasteiger partial charge < -0.3 is 23.7 Å². The first-order chi connectivity index (χ1) is 21.4. The normalized spacial score (nSPS) is 39.2. The van der Waals surface area contributed by atoms with Gasteiger partial charge in [-0.25, -0.2) is 0 Å². The van der Waals surface area contributed by atoms with Crippen LogP contribution in [0.15, 0.2) is 35.5 Å². The van der Waals surface area contributed by atoms with Crippen molar-refractivity contribution in [3.8, 4) is 0 Å². The molecule has 0 bridgehead atoms. The molecule has 45 heavy (non-hydrogen) atoms. The molecule has 0 saturated heterocycles. The summed E-state index contributed by atoms with van der Waals surface area (Å²) in [5, 5.41) is 0. The number of allylic oxidation sites excluding steroid dienone is 3. The number of hydrogen-bond donors (Lipinski definition) is 0. The number of esters is 3. The quantitative estimate of drug-likeness (QED) is 0.111. The number of hydrogen-bond acceptors (Lipinski definition) is 8. The highest BCUT2D eigenvalue weighted by Crippen LogP contribution is 2.67. The molecule has 0 spiro atoms. The van der Waals surface area contributed by atoms with E-state index in [-0.39, 0.29) is 24.1 Å². The largest absolute Gasteiger partial charge is 0.469 e. The third-order valence-corrected chi connectivity index (χ3v) is 12.1. The van der Waals surface area contributed by atoms with Crippen LogP contribution in [0.3, 0.4) is 0 Å². The molecule has 0 aromatic rings. The van der Waals surface area contributed by atoms with Crippen LogP contribution in [-0.4, -0.2) is 56.2 Å². The zero-order chi connectivity index (χ0) is 32.4. The molecule has 5 aliphatic rings. The summed E-state index contributed by atoms with van der Waals surface area (Å²) in [4.78, 5) is 34.5. The van der Waals surface area contributed by atoms with E-state index in [1.807, 2.05) is 6.08 Å². The van der Waals surface area contributed by atoms with Gasteiger partial charge in [-0.15, -0.1) is 0 Å². The highest BCUT2D eigenvalue weighted by Gasteiger charge is 2.58. The summed E-state index contributed by atoms with van der Waals surface area (Å²) in [6, 6.07) is 0. The van der Waals surface area contributed by atoms with Crippen LogP contribution in [0.25, 0.3) is 0 Å². The highest BCUT2D eigenvalue weighted by molar-refractivity contribution is 5.69. The Kier molecular flexibility index (Phi) is 10.6. The summed E-state index contributed by atoms with van der Waals surface area (Å²) in [5.41, 5.74) is 3.63. The number of ether oxygens (including phenoxy) is 5. The topological polar surface area (TPSA) is 97.4 Å². The first-order valence-corrected chi connectivity index (χ1v) is 17.2. The fraction of sp³-hybridized carbons (Fsp3) is 0.757. The molecule has 10 atom stereocenters. The van der Waals surface area contributed by atoms with Crippen molar-refractivity contribution in [2.45, 2.75) is 130 Å². The fourth-order valence-electron chi connectivity index (χ4n) is 9.84. The van der Waals surface area contributed by atoms with Gasteiger partial charge >= 0.3 is 17.9 Å². The summed E-state index contributed by atoms with van der Waals surface area (Å²) < 4.78 is 28.0. The van der Waals surface area contributed by atoms with Crippen LogP contribution in [0.4, 0.5) is 0 Å². The van der Waals surface area contributed by atoms with E-state index in [2.05, 4.69) is 32.9 Å². The Morgan fingerprint density at radius 2 is 1.80 bits per heavy atom.